The largest absolute Gasteiger partial charge is 0.455 e. The molecule has 1 heterocycles. The van der Waals surface area contributed by atoms with E-state index in [9.17, 15) is 13.2 Å². The van der Waals surface area contributed by atoms with Crippen LogP contribution in [0.1, 0.15) is 18.2 Å². The minimum Gasteiger partial charge on any atom is -0.455 e. The second-order valence-corrected chi connectivity index (χ2v) is 10.6. The molecular formula is C26H24ClN3O4S. The molecule has 1 amide bonds. The Morgan fingerprint density at radius 2 is 1.83 bits per heavy atom. The van der Waals surface area contributed by atoms with Crippen LogP contribution >= 0.6 is 11.6 Å². The van der Waals surface area contributed by atoms with Crippen LogP contribution in [0, 0.1) is 6.92 Å². The van der Waals surface area contributed by atoms with Gasteiger partial charge in [-0.2, -0.15) is 5.10 Å². The van der Waals surface area contributed by atoms with E-state index in [1.807, 2.05) is 25.3 Å². The third kappa shape index (κ3) is 6.09. The van der Waals surface area contributed by atoms with Crippen LogP contribution in [0.2, 0.25) is 5.02 Å². The first-order chi connectivity index (χ1) is 16.7. The molecule has 0 spiro atoms. The van der Waals surface area contributed by atoms with Crippen molar-refractivity contribution < 1.29 is 17.9 Å². The molecule has 0 saturated carbocycles. The molecule has 7 nitrogen and oxygen atoms in total. The molecule has 0 fully saturated rings. The van der Waals surface area contributed by atoms with Gasteiger partial charge in [0.1, 0.15) is 11.4 Å². The highest BCUT2D eigenvalue weighted by molar-refractivity contribution is 7.91. The van der Waals surface area contributed by atoms with Gasteiger partial charge < -0.3 is 10.1 Å². The maximum Gasteiger partial charge on any atom is 0.228 e. The van der Waals surface area contributed by atoms with Crippen molar-refractivity contribution in [3.05, 3.63) is 95.3 Å². The molecule has 0 atom stereocenters. The Kier molecular flexibility index (Phi) is 7.23. The smallest absolute Gasteiger partial charge is 0.228 e. The standard InChI is InChI=1S/C26H24ClN3O4S/c1-3-35(32,33)23-10-7-19(8-11-23)15-26(31)28-21-9-12-24(30-14-13-18(2)29-30)25(17-21)34-22-6-4-5-20(27)16-22/h4-14,16-17H,3,15H2,1-2H3,(H,28,31). The van der Waals surface area contributed by atoms with Gasteiger partial charge in [-0.1, -0.05) is 36.7 Å². The number of anilines is 1. The topological polar surface area (TPSA) is 90.3 Å². The lowest BCUT2D eigenvalue weighted by Crippen LogP contribution is -2.14. The second kappa shape index (κ2) is 10.3. The van der Waals surface area contributed by atoms with Gasteiger partial charge in [-0.3, -0.25) is 4.79 Å². The number of carbonyl (C=O) groups excluding carboxylic acids is 1. The van der Waals surface area contributed by atoms with Gasteiger partial charge in [0.2, 0.25) is 5.91 Å². The summed E-state index contributed by atoms with van der Waals surface area (Å²) in [5.41, 5.74) is 2.80. The van der Waals surface area contributed by atoms with Crippen LogP contribution in [0.3, 0.4) is 0 Å². The molecule has 0 unspecified atom stereocenters. The summed E-state index contributed by atoms with van der Waals surface area (Å²) in [5, 5.41) is 7.88. The monoisotopic (exact) mass is 509 g/mol. The maximum atomic E-state index is 12.7. The van der Waals surface area contributed by atoms with E-state index in [2.05, 4.69) is 10.4 Å². The van der Waals surface area contributed by atoms with Crippen LogP contribution in [0.15, 0.2) is 83.9 Å². The van der Waals surface area contributed by atoms with Crippen LogP contribution in [0.5, 0.6) is 11.5 Å². The van der Waals surface area contributed by atoms with Gasteiger partial charge in [0.15, 0.2) is 15.6 Å². The fourth-order valence-corrected chi connectivity index (χ4v) is 4.51. The van der Waals surface area contributed by atoms with Gasteiger partial charge in [0.25, 0.3) is 0 Å². The fraction of sp³-hybridized carbons (Fsp3) is 0.154. The van der Waals surface area contributed by atoms with Crippen molar-refractivity contribution in [1.29, 1.82) is 0 Å². The van der Waals surface area contributed by atoms with Crippen molar-refractivity contribution in [2.24, 2.45) is 0 Å². The van der Waals surface area contributed by atoms with Gasteiger partial charge in [0.05, 0.1) is 22.8 Å². The van der Waals surface area contributed by atoms with E-state index in [0.717, 1.165) is 5.69 Å². The van der Waals surface area contributed by atoms with Crippen LogP contribution in [-0.2, 0) is 21.1 Å². The number of rotatable bonds is 8. The molecule has 35 heavy (non-hydrogen) atoms. The zero-order valence-corrected chi connectivity index (χ0v) is 20.8. The highest BCUT2D eigenvalue weighted by Gasteiger charge is 2.14. The molecule has 0 bridgehead atoms. The van der Waals surface area contributed by atoms with Crippen LogP contribution in [0.4, 0.5) is 5.69 Å². The van der Waals surface area contributed by atoms with E-state index in [0.29, 0.717) is 33.5 Å². The van der Waals surface area contributed by atoms with Gasteiger partial charge in [0, 0.05) is 23.0 Å². The van der Waals surface area contributed by atoms with Crippen LogP contribution in [0.25, 0.3) is 5.69 Å². The summed E-state index contributed by atoms with van der Waals surface area (Å²) in [4.78, 5) is 12.9. The van der Waals surface area contributed by atoms with Crippen LogP contribution in [-0.4, -0.2) is 29.9 Å². The van der Waals surface area contributed by atoms with Gasteiger partial charge in [-0.25, -0.2) is 13.1 Å². The number of carbonyl (C=O) groups is 1. The molecule has 1 aromatic heterocycles. The normalized spacial score (nSPS) is 11.3. The summed E-state index contributed by atoms with van der Waals surface area (Å²) in [6.45, 7) is 3.49. The average Bonchev–Trinajstić information content (AvgIpc) is 3.25. The average molecular weight is 510 g/mol. The first-order valence-corrected chi connectivity index (χ1v) is 13.0. The van der Waals surface area contributed by atoms with Gasteiger partial charge in [-0.05, 0) is 61.0 Å². The predicted octanol–water partition coefficient (Wildman–Crippen LogP) is 5.60. The van der Waals surface area contributed by atoms with Crippen molar-refractivity contribution in [2.75, 3.05) is 11.1 Å². The third-order valence-corrected chi connectivity index (χ3v) is 7.25. The Bertz CT molecular complexity index is 1460. The SMILES string of the molecule is CCS(=O)(=O)c1ccc(CC(=O)Nc2ccc(-n3ccc(C)n3)c(Oc3cccc(Cl)c3)c2)cc1. The van der Waals surface area contributed by atoms with E-state index in [1.165, 1.54) is 12.1 Å². The Balaban J connectivity index is 1.55. The molecule has 4 rings (SSSR count). The number of nitrogens with zero attached hydrogens (tertiary/aromatic N) is 2. The van der Waals surface area contributed by atoms with Crippen molar-refractivity contribution in [3.8, 4) is 17.2 Å². The molecular weight excluding hydrogens is 486 g/mol. The molecule has 4 aromatic rings. The molecule has 3 aromatic carbocycles. The highest BCUT2D eigenvalue weighted by atomic mass is 35.5. The minimum absolute atomic E-state index is 0.0283. The number of hydrogen-bond acceptors (Lipinski definition) is 5. The highest BCUT2D eigenvalue weighted by Crippen LogP contribution is 2.32. The summed E-state index contributed by atoms with van der Waals surface area (Å²) in [7, 11) is -3.28. The number of aryl methyl sites for hydroxylation is 1. The van der Waals surface area contributed by atoms with E-state index in [1.54, 1.807) is 60.1 Å². The summed E-state index contributed by atoms with van der Waals surface area (Å²) in [6.07, 6.45) is 1.92. The number of aromatic nitrogens is 2. The molecule has 180 valence electrons. The number of hydrogen-bond donors (Lipinski definition) is 1. The zero-order valence-electron chi connectivity index (χ0n) is 19.2. The Labute approximate surface area is 209 Å². The first kappa shape index (κ1) is 24.5. The summed E-state index contributed by atoms with van der Waals surface area (Å²) in [6, 6.07) is 20.6. The van der Waals surface area contributed by atoms with Crippen molar-refractivity contribution >= 4 is 33.0 Å². The van der Waals surface area contributed by atoms with E-state index in [4.69, 9.17) is 16.3 Å². The lowest BCUT2D eigenvalue weighted by atomic mass is 10.1. The maximum absolute atomic E-state index is 12.7. The molecule has 9 heteroatoms. The Morgan fingerprint density at radius 3 is 2.49 bits per heavy atom. The molecule has 1 N–H and O–H groups in total. The quantitative estimate of drug-likeness (QED) is 0.334. The lowest BCUT2D eigenvalue weighted by Gasteiger charge is -2.14. The number of sulfone groups is 1. The molecule has 0 saturated heterocycles. The van der Waals surface area contributed by atoms with E-state index < -0.39 is 9.84 Å². The second-order valence-electron chi connectivity index (χ2n) is 7.92. The van der Waals surface area contributed by atoms with E-state index >= 15 is 0 Å². The van der Waals surface area contributed by atoms with Crippen molar-refractivity contribution in [2.45, 2.75) is 25.2 Å². The number of amides is 1. The van der Waals surface area contributed by atoms with Gasteiger partial charge in [-0.15, -0.1) is 0 Å². The molecule has 0 radical (unpaired) electrons. The zero-order chi connectivity index (χ0) is 25.0. The minimum atomic E-state index is -3.28. The summed E-state index contributed by atoms with van der Waals surface area (Å²) >= 11 is 6.10. The number of nitrogens with one attached hydrogen (secondary N) is 1. The van der Waals surface area contributed by atoms with Gasteiger partial charge >= 0.3 is 0 Å². The van der Waals surface area contributed by atoms with Crippen LogP contribution < -0.4 is 10.1 Å². The fourth-order valence-electron chi connectivity index (χ4n) is 3.44. The Morgan fingerprint density at radius 1 is 1.06 bits per heavy atom. The first-order valence-electron chi connectivity index (χ1n) is 10.9. The number of ether oxygens (including phenoxy) is 1. The summed E-state index contributed by atoms with van der Waals surface area (Å²) < 4.78 is 31.8. The predicted molar refractivity (Wildman–Crippen MR) is 136 cm³/mol. The third-order valence-electron chi connectivity index (χ3n) is 5.26. The van der Waals surface area contributed by atoms with Crippen molar-refractivity contribution in [1.82, 2.24) is 9.78 Å². The Hall–Kier alpha value is -3.62. The summed E-state index contributed by atoms with van der Waals surface area (Å²) in [5.74, 6) is 0.823. The van der Waals surface area contributed by atoms with E-state index in [-0.39, 0.29) is 23.0 Å². The molecule has 0 aliphatic carbocycles. The van der Waals surface area contributed by atoms with Crippen molar-refractivity contribution in [3.63, 3.8) is 0 Å². The number of benzene rings is 3. The number of halogens is 1. The molecule has 0 aliphatic rings. The lowest BCUT2D eigenvalue weighted by molar-refractivity contribution is -0.115. The molecule has 0 aliphatic heterocycles.